The maximum Gasteiger partial charge on any atom is 0.225 e. The predicted octanol–water partition coefficient (Wildman–Crippen LogP) is 1.19. The van der Waals surface area contributed by atoms with Crippen LogP contribution in [0.2, 0.25) is 0 Å². The topological polar surface area (TPSA) is 73.9 Å². The van der Waals surface area contributed by atoms with Crippen molar-refractivity contribution in [2.24, 2.45) is 0 Å². The van der Waals surface area contributed by atoms with Gasteiger partial charge >= 0.3 is 0 Å². The minimum absolute atomic E-state index is 0.408. The average molecular weight is 208 g/mol. The number of ether oxygens (including phenoxy) is 1. The molecule has 14 heavy (non-hydrogen) atoms. The molecule has 2 rings (SSSR count). The fraction of sp³-hybridized carbons (Fsp3) is 0.125. The summed E-state index contributed by atoms with van der Waals surface area (Å²) in [6.45, 7) is 0. The molecule has 0 fully saturated rings. The summed E-state index contributed by atoms with van der Waals surface area (Å²) in [5.41, 5.74) is 6.18. The molecule has 0 spiro atoms. The van der Waals surface area contributed by atoms with Gasteiger partial charge < -0.3 is 10.5 Å². The molecule has 2 aromatic rings. The number of nitrogen functional groups attached to an aromatic ring is 1. The lowest BCUT2D eigenvalue weighted by atomic mass is 10.3. The van der Waals surface area contributed by atoms with E-state index in [0.717, 1.165) is 10.6 Å². The van der Waals surface area contributed by atoms with Crippen LogP contribution in [0.3, 0.4) is 0 Å². The van der Waals surface area contributed by atoms with Crippen molar-refractivity contribution in [3.63, 3.8) is 0 Å². The summed E-state index contributed by atoms with van der Waals surface area (Å²) >= 11 is 1.31. The molecule has 0 amide bonds. The molecule has 0 radical (unpaired) electrons. The fourth-order valence-electron chi connectivity index (χ4n) is 0.950. The molecule has 0 aromatic carbocycles. The quantitative estimate of drug-likeness (QED) is 0.802. The first-order valence-electron chi connectivity index (χ1n) is 3.90. The van der Waals surface area contributed by atoms with E-state index in [-0.39, 0.29) is 0 Å². The lowest BCUT2D eigenvalue weighted by Crippen LogP contribution is -1.92. The molecule has 2 heterocycles. The molecule has 0 aliphatic carbocycles. The molecule has 2 aromatic heterocycles. The van der Waals surface area contributed by atoms with E-state index < -0.39 is 0 Å². The lowest BCUT2D eigenvalue weighted by Gasteiger charge is -1.93. The minimum Gasteiger partial charge on any atom is -0.480 e. The summed E-state index contributed by atoms with van der Waals surface area (Å²) in [5.74, 6) is 0.994. The summed E-state index contributed by atoms with van der Waals surface area (Å²) in [5, 5.41) is 7.69. The largest absolute Gasteiger partial charge is 0.480 e. The van der Waals surface area contributed by atoms with Crippen molar-refractivity contribution in [3.8, 4) is 16.5 Å². The summed E-state index contributed by atoms with van der Waals surface area (Å²) in [6, 6.07) is 5.31. The van der Waals surface area contributed by atoms with Crippen LogP contribution in [0.4, 0.5) is 5.82 Å². The van der Waals surface area contributed by atoms with Crippen LogP contribution in [0, 0.1) is 0 Å². The van der Waals surface area contributed by atoms with E-state index in [4.69, 9.17) is 10.5 Å². The van der Waals surface area contributed by atoms with Gasteiger partial charge in [-0.3, -0.25) is 0 Å². The number of aromatic nitrogens is 3. The molecule has 0 unspecified atom stereocenters. The van der Waals surface area contributed by atoms with E-state index in [0.29, 0.717) is 11.7 Å². The standard InChI is InChI=1S/C8H8N4OS/c1-13-8-4-6(14-12-8)5-2-3-7(9)11-10-5/h2-4H,1H3,(H2,9,11). The smallest absolute Gasteiger partial charge is 0.225 e. The van der Waals surface area contributed by atoms with Crippen molar-refractivity contribution in [2.75, 3.05) is 12.8 Å². The van der Waals surface area contributed by atoms with Crippen molar-refractivity contribution >= 4 is 17.4 Å². The minimum atomic E-state index is 0.408. The number of hydrogen-bond acceptors (Lipinski definition) is 6. The zero-order valence-corrected chi connectivity index (χ0v) is 8.28. The van der Waals surface area contributed by atoms with Gasteiger partial charge in [-0.05, 0) is 23.7 Å². The third kappa shape index (κ3) is 1.64. The molecule has 0 atom stereocenters. The van der Waals surface area contributed by atoms with Crippen LogP contribution < -0.4 is 10.5 Å². The molecule has 0 saturated carbocycles. The number of anilines is 1. The second-order valence-electron chi connectivity index (χ2n) is 2.58. The molecule has 0 bridgehead atoms. The summed E-state index contributed by atoms with van der Waals surface area (Å²) in [6.07, 6.45) is 0. The number of hydrogen-bond donors (Lipinski definition) is 1. The van der Waals surface area contributed by atoms with Gasteiger partial charge in [-0.1, -0.05) is 0 Å². The van der Waals surface area contributed by atoms with Gasteiger partial charge in [0.05, 0.1) is 12.0 Å². The third-order valence-corrected chi connectivity index (χ3v) is 2.43. The van der Waals surface area contributed by atoms with Gasteiger partial charge in [0.1, 0.15) is 11.5 Å². The second kappa shape index (κ2) is 3.59. The maximum absolute atomic E-state index is 5.43. The van der Waals surface area contributed by atoms with Crippen molar-refractivity contribution in [3.05, 3.63) is 18.2 Å². The zero-order valence-electron chi connectivity index (χ0n) is 7.47. The Balaban J connectivity index is 2.34. The Bertz CT molecular complexity index is 425. The van der Waals surface area contributed by atoms with Crippen LogP contribution in [-0.4, -0.2) is 21.7 Å². The molecule has 0 saturated heterocycles. The monoisotopic (exact) mass is 208 g/mol. The fourth-order valence-corrected chi connectivity index (χ4v) is 1.62. The molecule has 0 aliphatic heterocycles. The number of nitrogens with zero attached hydrogens (tertiary/aromatic N) is 3. The van der Waals surface area contributed by atoms with Crippen LogP contribution in [0.1, 0.15) is 0 Å². The Morgan fingerprint density at radius 3 is 2.79 bits per heavy atom. The molecule has 6 heteroatoms. The normalized spacial score (nSPS) is 10.1. The van der Waals surface area contributed by atoms with E-state index in [2.05, 4.69) is 14.6 Å². The first-order chi connectivity index (χ1) is 6.79. The van der Waals surface area contributed by atoms with Gasteiger partial charge in [0.15, 0.2) is 0 Å². The number of nitrogens with two attached hydrogens (primary N) is 1. The number of methoxy groups -OCH3 is 1. The molecular weight excluding hydrogens is 200 g/mol. The van der Waals surface area contributed by atoms with Crippen LogP contribution in [-0.2, 0) is 0 Å². The highest BCUT2D eigenvalue weighted by Gasteiger charge is 2.05. The Morgan fingerprint density at radius 2 is 2.21 bits per heavy atom. The van der Waals surface area contributed by atoms with Crippen molar-refractivity contribution in [2.45, 2.75) is 0 Å². The van der Waals surface area contributed by atoms with Gasteiger partial charge in [0.2, 0.25) is 5.88 Å². The molecule has 5 nitrogen and oxygen atoms in total. The van der Waals surface area contributed by atoms with Gasteiger partial charge in [0, 0.05) is 6.07 Å². The van der Waals surface area contributed by atoms with E-state index in [9.17, 15) is 0 Å². The number of rotatable bonds is 2. The highest BCUT2D eigenvalue weighted by atomic mass is 32.1. The lowest BCUT2D eigenvalue weighted by molar-refractivity contribution is 0.403. The zero-order chi connectivity index (χ0) is 9.97. The van der Waals surface area contributed by atoms with E-state index in [1.807, 2.05) is 6.07 Å². The van der Waals surface area contributed by atoms with Crippen LogP contribution in [0.5, 0.6) is 5.88 Å². The Kier molecular flexibility index (Phi) is 2.28. The van der Waals surface area contributed by atoms with E-state index >= 15 is 0 Å². The van der Waals surface area contributed by atoms with Crippen molar-refractivity contribution < 1.29 is 4.74 Å². The Hall–Kier alpha value is -1.69. The summed E-state index contributed by atoms with van der Waals surface area (Å²) in [7, 11) is 1.58. The summed E-state index contributed by atoms with van der Waals surface area (Å²) < 4.78 is 9.02. The average Bonchev–Trinajstić information content (AvgIpc) is 2.67. The third-order valence-electron chi connectivity index (χ3n) is 1.64. The first kappa shape index (κ1) is 8.89. The summed E-state index contributed by atoms with van der Waals surface area (Å²) in [4.78, 5) is 0.911. The van der Waals surface area contributed by atoms with Crippen molar-refractivity contribution in [1.82, 2.24) is 14.6 Å². The molecule has 2 N–H and O–H groups in total. The molecule has 0 aliphatic rings. The molecular formula is C8H8N4OS. The van der Waals surface area contributed by atoms with Crippen LogP contribution in [0.15, 0.2) is 18.2 Å². The second-order valence-corrected chi connectivity index (χ2v) is 3.38. The molecule has 72 valence electrons. The van der Waals surface area contributed by atoms with E-state index in [1.54, 1.807) is 19.2 Å². The predicted molar refractivity (Wildman–Crippen MR) is 54.1 cm³/mol. The van der Waals surface area contributed by atoms with Crippen LogP contribution in [0.25, 0.3) is 10.6 Å². The highest BCUT2D eigenvalue weighted by Crippen LogP contribution is 2.25. The SMILES string of the molecule is COc1cc(-c2ccc(N)nn2)sn1. The first-order valence-corrected chi connectivity index (χ1v) is 4.67. The Morgan fingerprint density at radius 1 is 1.36 bits per heavy atom. The van der Waals surface area contributed by atoms with Gasteiger partial charge in [0.25, 0.3) is 0 Å². The van der Waals surface area contributed by atoms with Crippen molar-refractivity contribution in [1.29, 1.82) is 0 Å². The van der Waals surface area contributed by atoms with E-state index in [1.165, 1.54) is 11.5 Å². The van der Waals surface area contributed by atoms with Gasteiger partial charge in [-0.15, -0.1) is 10.2 Å². The maximum atomic E-state index is 5.43. The Labute approximate surface area is 84.7 Å². The van der Waals surface area contributed by atoms with Gasteiger partial charge in [-0.2, -0.15) is 4.37 Å². The highest BCUT2D eigenvalue weighted by molar-refractivity contribution is 7.09. The van der Waals surface area contributed by atoms with Gasteiger partial charge in [-0.25, -0.2) is 0 Å². The van der Waals surface area contributed by atoms with Crippen LogP contribution >= 0.6 is 11.5 Å².